The van der Waals surface area contributed by atoms with Gasteiger partial charge >= 0.3 is 0 Å². The van der Waals surface area contributed by atoms with Gasteiger partial charge in [0.25, 0.3) is 0 Å². The van der Waals surface area contributed by atoms with Crippen molar-refractivity contribution in [1.82, 2.24) is 24.7 Å². The number of para-hydroxylation sites is 1. The van der Waals surface area contributed by atoms with E-state index in [2.05, 4.69) is 20.7 Å². The van der Waals surface area contributed by atoms with Gasteiger partial charge in [-0.05, 0) is 35.9 Å². The van der Waals surface area contributed by atoms with Crippen LogP contribution in [0.1, 0.15) is 5.56 Å². The molecular formula is C24H21N7O. The van der Waals surface area contributed by atoms with Gasteiger partial charge in [-0.1, -0.05) is 30.3 Å². The van der Waals surface area contributed by atoms with Crippen LogP contribution in [-0.4, -0.2) is 31.8 Å². The monoisotopic (exact) mass is 423 g/mol. The molecule has 0 saturated heterocycles. The zero-order chi connectivity index (χ0) is 21.8. The molecule has 32 heavy (non-hydrogen) atoms. The maximum atomic E-state index is 5.35. The number of methoxy groups -OCH3 is 1. The van der Waals surface area contributed by atoms with Crippen molar-refractivity contribution < 1.29 is 4.74 Å². The number of nitrogens with zero attached hydrogens (tertiary/aromatic N) is 5. The molecule has 0 aliphatic rings. The lowest BCUT2D eigenvalue weighted by atomic mass is 10.3. The largest absolute Gasteiger partial charge is 0.497 e. The third-order valence-corrected chi connectivity index (χ3v) is 4.94. The molecule has 2 aromatic carbocycles. The Balaban J connectivity index is 1.56. The zero-order valence-corrected chi connectivity index (χ0v) is 17.4. The van der Waals surface area contributed by atoms with Gasteiger partial charge in [0.2, 0.25) is 5.95 Å². The van der Waals surface area contributed by atoms with E-state index in [0.29, 0.717) is 24.0 Å². The van der Waals surface area contributed by atoms with Gasteiger partial charge in [-0.3, -0.25) is 4.98 Å². The first-order valence-corrected chi connectivity index (χ1v) is 10.2. The fourth-order valence-corrected chi connectivity index (χ4v) is 3.36. The van der Waals surface area contributed by atoms with Gasteiger partial charge in [0.15, 0.2) is 5.65 Å². The second-order valence-corrected chi connectivity index (χ2v) is 7.10. The first kappa shape index (κ1) is 19.5. The van der Waals surface area contributed by atoms with Gasteiger partial charge in [-0.2, -0.15) is 15.1 Å². The molecule has 0 aliphatic carbocycles. The summed E-state index contributed by atoms with van der Waals surface area (Å²) in [5, 5.41) is 12.1. The molecule has 3 aromatic heterocycles. The first-order valence-electron chi connectivity index (χ1n) is 10.2. The molecular weight excluding hydrogens is 402 g/mol. The molecule has 5 rings (SSSR count). The van der Waals surface area contributed by atoms with Crippen molar-refractivity contribution in [2.45, 2.75) is 6.54 Å². The number of hydrogen-bond donors (Lipinski definition) is 2. The van der Waals surface area contributed by atoms with E-state index in [1.165, 1.54) is 0 Å². The molecule has 0 unspecified atom stereocenters. The van der Waals surface area contributed by atoms with Gasteiger partial charge in [0.1, 0.15) is 11.6 Å². The molecule has 3 heterocycles. The van der Waals surface area contributed by atoms with Crippen molar-refractivity contribution in [3.63, 3.8) is 0 Å². The standard InChI is InChI=1S/C24H21N7O/c1-32-20-11-5-8-18(13-20)28-22-21-16-27-31(19-9-3-2-4-10-19)23(21)30-24(29-22)26-15-17-7-6-12-25-14-17/h2-14,16H,15H2,1H3,(H2,26,28,29,30). The highest BCUT2D eigenvalue weighted by Crippen LogP contribution is 2.28. The summed E-state index contributed by atoms with van der Waals surface area (Å²) in [5.41, 5.74) is 3.52. The van der Waals surface area contributed by atoms with Gasteiger partial charge in [0.05, 0.1) is 24.4 Å². The number of ether oxygens (including phenoxy) is 1. The number of benzene rings is 2. The lowest BCUT2D eigenvalue weighted by molar-refractivity contribution is 0.415. The van der Waals surface area contributed by atoms with Crippen LogP contribution in [0.3, 0.4) is 0 Å². The van der Waals surface area contributed by atoms with Crippen LogP contribution in [0.4, 0.5) is 17.5 Å². The maximum absolute atomic E-state index is 5.35. The van der Waals surface area contributed by atoms with Crippen LogP contribution in [0.25, 0.3) is 16.7 Å². The number of aromatic nitrogens is 5. The summed E-state index contributed by atoms with van der Waals surface area (Å²) in [6.45, 7) is 0.553. The first-order chi connectivity index (χ1) is 15.8. The molecule has 158 valence electrons. The molecule has 0 spiro atoms. The Bertz CT molecular complexity index is 1340. The number of hydrogen-bond acceptors (Lipinski definition) is 7. The normalized spacial score (nSPS) is 10.8. The second kappa shape index (κ2) is 8.73. The number of rotatable bonds is 7. The lowest BCUT2D eigenvalue weighted by Crippen LogP contribution is -2.07. The third-order valence-electron chi connectivity index (χ3n) is 4.94. The van der Waals surface area contributed by atoms with Gasteiger partial charge in [-0.25, -0.2) is 4.68 Å². The number of fused-ring (bicyclic) bond motifs is 1. The molecule has 8 nitrogen and oxygen atoms in total. The Kier molecular flexibility index (Phi) is 5.32. The van der Waals surface area contributed by atoms with Crippen LogP contribution in [0.15, 0.2) is 85.3 Å². The predicted octanol–water partition coefficient (Wildman–Crippen LogP) is 4.57. The van der Waals surface area contributed by atoms with E-state index < -0.39 is 0 Å². The summed E-state index contributed by atoms with van der Waals surface area (Å²) in [4.78, 5) is 13.6. The van der Waals surface area contributed by atoms with Gasteiger partial charge in [0, 0.05) is 30.7 Å². The Morgan fingerprint density at radius 2 is 1.84 bits per heavy atom. The van der Waals surface area contributed by atoms with Crippen molar-refractivity contribution in [3.8, 4) is 11.4 Å². The third kappa shape index (κ3) is 4.06. The summed E-state index contributed by atoms with van der Waals surface area (Å²) in [5.74, 6) is 1.90. The summed E-state index contributed by atoms with van der Waals surface area (Å²) in [6.07, 6.45) is 5.34. The Morgan fingerprint density at radius 3 is 2.66 bits per heavy atom. The average molecular weight is 423 g/mol. The fourth-order valence-electron chi connectivity index (χ4n) is 3.36. The summed E-state index contributed by atoms with van der Waals surface area (Å²) >= 11 is 0. The summed E-state index contributed by atoms with van der Waals surface area (Å²) < 4.78 is 7.15. The van der Waals surface area contributed by atoms with Crippen molar-refractivity contribution in [3.05, 3.63) is 90.9 Å². The van der Waals surface area contributed by atoms with E-state index in [4.69, 9.17) is 14.7 Å². The predicted molar refractivity (Wildman–Crippen MR) is 125 cm³/mol. The van der Waals surface area contributed by atoms with Crippen molar-refractivity contribution in [2.75, 3.05) is 17.7 Å². The smallest absolute Gasteiger partial charge is 0.227 e. The molecule has 0 saturated carbocycles. The number of anilines is 3. The van der Waals surface area contributed by atoms with E-state index in [0.717, 1.165) is 28.1 Å². The van der Waals surface area contributed by atoms with Crippen LogP contribution >= 0.6 is 0 Å². The van der Waals surface area contributed by atoms with Crippen LogP contribution < -0.4 is 15.4 Å². The van der Waals surface area contributed by atoms with E-state index in [1.807, 2.05) is 77.6 Å². The summed E-state index contributed by atoms with van der Waals surface area (Å²) in [6, 6.07) is 21.5. The molecule has 0 aliphatic heterocycles. The SMILES string of the molecule is COc1cccc(Nc2nc(NCc3cccnc3)nc3c2cnn3-c2ccccc2)c1. The highest BCUT2D eigenvalue weighted by Gasteiger charge is 2.15. The van der Waals surface area contributed by atoms with Crippen LogP contribution in [0.5, 0.6) is 5.75 Å². The van der Waals surface area contributed by atoms with Crippen LogP contribution in [0, 0.1) is 0 Å². The molecule has 5 aromatic rings. The minimum Gasteiger partial charge on any atom is -0.497 e. The van der Waals surface area contributed by atoms with Gasteiger partial charge in [-0.15, -0.1) is 0 Å². The Labute approximate surface area is 184 Å². The molecule has 8 heteroatoms. The molecule has 0 radical (unpaired) electrons. The molecule has 0 atom stereocenters. The second-order valence-electron chi connectivity index (χ2n) is 7.10. The fraction of sp³-hybridized carbons (Fsp3) is 0.0833. The highest BCUT2D eigenvalue weighted by atomic mass is 16.5. The maximum Gasteiger partial charge on any atom is 0.227 e. The molecule has 0 bridgehead atoms. The quantitative estimate of drug-likeness (QED) is 0.396. The Morgan fingerprint density at radius 1 is 0.938 bits per heavy atom. The van der Waals surface area contributed by atoms with Crippen LogP contribution in [0.2, 0.25) is 0 Å². The van der Waals surface area contributed by atoms with E-state index in [1.54, 1.807) is 19.5 Å². The van der Waals surface area contributed by atoms with E-state index in [-0.39, 0.29) is 0 Å². The van der Waals surface area contributed by atoms with Crippen LogP contribution in [-0.2, 0) is 6.54 Å². The molecule has 0 amide bonds. The minimum atomic E-state index is 0.490. The van der Waals surface area contributed by atoms with E-state index >= 15 is 0 Å². The van der Waals surface area contributed by atoms with E-state index in [9.17, 15) is 0 Å². The number of nitrogens with one attached hydrogen (secondary N) is 2. The van der Waals surface area contributed by atoms with Crippen molar-refractivity contribution in [2.24, 2.45) is 0 Å². The zero-order valence-electron chi connectivity index (χ0n) is 17.4. The van der Waals surface area contributed by atoms with Gasteiger partial charge < -0.3 is 15.4 Å². The molecule has 2 N–H and O–H groups in total. The number of pyridine rings is 1. The van der Waals surface area contributed by atoms with Crippen molar-refractivity contribution >= 4 is 28.5 Å². The average Bonchev–Trinajstić information content (AvgIpc) is 3.28. The topological polar surface area (TPSA) is 89.8 Å². The lowest BCUT2D eigenvalue weighted by Gasteiger charge is -2.12. The Hall–Kier alpha value is -4.46. The van der Waals surface area contributed by atoms with Crippen molar-refractivity contribution in [1.29, 1.82) is 0 Å². The molecule has 0 fully saturated rings. The highest BCUT2D eigenvalue weighted by molar-refractivity contribution is 5.90. The minimum absolute atomic E-state index is 0.490. The summed E-state index contributed by atoms with van der Waals surface area (Å²) in [7, 11) is 1.65.